The third-order valence-corrected chi connectivity index (χ3v) is 3.23. The van der Waals surface area contributed by atoms with Crippen LogP contribution in [0.5, 0.6) is 0 Å². The maximum Gasteiger partial charge on any atom is 0.138 e. The monoisotopic (exact) mass is 259 g/mol. The van der Waals surface area contributed by atoms with Gasteiger partial charge in [0.1, 0.15) is 18.0 Å². The van der Waals surface area contributed by atoms with Crippen LogP contribution in [0.3, 0.4) is 0 Å². The Balaban J connectivity index is 2.50. The molecule has 0 aliphatic carbocycles. The molecule has 0 aromatic rings. The second kappa shape index (κ2) is 6.61. The lowest BCUT2D eigenvalue weighted by atomic mass is 9.99. The van der Waals surface area contributed by atoms with Gasteiger partial charge in [0.15, 0.2) is 0 Å². The van der Waals surface area contributed by atoms with Crippen molar-refractivity contribution in [2.24, 2.45) is 5.92 Å². The number of nitrogens with one attached hydrogen (secondary N) is 1. The summed E-state index contributed by atoms with van der Waals surface area (Å²) in [5, 5.41) is 22.9. The summed E-state index contributed by atoms with van der Waals surface area (Å²) in [6, 6.07) is 0.286. The van der Waals surface area contributed by atoms with Crippen LogP contribution in [0.2, 0.25) is 0 Å². The predicted molar refractivity (Wildman–Crippen MR) is 68.3 cm³/mol. The van der Waals surface area contributed by atoms with E-state index in [0.717, 1.165) is 0 Å². The van der Waals surface area contributed by atoms with E-state index in [4.69, 9.17) is 4.74 Å². The van der Waals surface area contributed by atoms with E-state index in [2.05, 4.69) is 5.32 Å². The van der Waals surface area contributed by atoms with Crippen LogP contribution in [0, 0.1) is 5.92 Å². The number of aliphatic hydroxyl groups is 2. The molecular weight excluding hydrogens is 234 g/mol. The molecule has 106 valence electrons. The van der Waals surface area contributed by atoms with Gasteiger partial charge in [0.05, 0.1) is 12.2 Å². The fraction of sp³-hybridized carbons (Fsp3) is 0.923. The quantitative estimate of drug-likeness (QED) is 0.630. The first-order valence-corrected chi connectivity index (χ1v) is 6.60. The lowest BCUT2D eigenvalue weighted by molar-refractivity contribution is -0.125. The maximum absolute atomic E-state index is 11.6. The summed E-state index contributed by atoms with van der Waals surface area (Å²) in [5.74, 6) is -0.0329. The fourth-order valence-electron chi connectivity index (χ4n) is 1.95. The van der Waals surface area contributed by atoms with E-state index in [1.54, 1.807) is 0 Å². The van der Waals surface area contributed by atoms with Gasteiger partial charge in [-0.3, -0.25) is 4.79 Å². The van der Waals surface area contributed by atoms with Gasteiger partial charge in [0.2, 0.25) is 0 Å². The second-order valence-electron chi connectivity index (χ2n) is 5.58. The highest BCUT2D eigenvalue weighted by atomic mass is 16.5. The fourth-order valence-corrected chi connectivity index (χ4v) is 1.95. The Bertz CT molecular complexity index is 280. The van der Waals surface area contributed by atoms with Crippen molar-refractivity contribution in [1.29, 1.82) is 0 Å². The van der Waals surface area contributed by atoms with Crippen molar-refractivity contribution in [1.82, 2.24) is 5.32 Å². The van der Waals surface area contributed by atoms with Crippen LogP contribution in [0.25, 0.3) is 0 Å². The van der Waals surface area contributed by atoms with Crippen LogP contribution in [-0.2, 0) is 9.53 Å². The summed E-state index contributed by atoms with van der Waals surface area (Å²) in [6.07, 6.45) is -2.79. The molecule has 1 aliphatic heterocycles. The largest absolute Gasteiger partial charge is 0.388 e. The number of hydrogen-bond donors (Lipinski definition) is 3. The standard InChI is InChI=1S/C13H25NO4/c1-7(2)9(15)5-10-12(16)13(17)11(18-10)6-14-8(3)4/h7-8,10-14,16-17H,5-6H2,1-4H3/t10-,11-,12+,13-/m1/s1. The summed E-state index contributed by atoms with van der Waals surface area (Å²) >= 11 is 0. The molecule has 0 unspecified atom stereocenters. The van der Waals surface area contributed by atoms with Crippen LogP contribution in [-0.4, -0.2) is 53.0 Å². The molecule has 0 spiro atoms. The first kappa shape index (κ1) is 15.6. The van der Waals surface area contributed by atoms with E-state index in [9.17, 15) is 15.0 Å². The van der Waals surface area contributed by atoms with Crippen molar-refractivity contribution in [3.63, 3.8) is 0 Å². The third-order valence-electron chi connectivity index (χ3n) is 3.23. The highest BCUT2D eigenvalue weighted by Gasteiger charge is 2.43. The van der Waals surface area contributed by atoms with Gasteiger partial charge >= 0.3 is 0 Å². The molecule has 0 radical (unpaired) electrons. The van der Waals surface area contributed by atoms with E-state index >= 15 is 0 Å². The molecule has 0 bridgehead atoms. The average Bonchev–Trinajstić information content (AvgIpc) is 2.54. The van der Waals surface area contributed by atoms with E-state index < -0.39 is 24.4 Å². The SMILES string of the molecule is CC(C)NC[C@H]1O[C@H](CC(=O)C(C)C)[C@H](O)[C@@H]1O. The predicted octanol–water partition coefficient (Wildman–Crippen LogP) is 0.0888. The van der Waals surface area contributed by atoms with Gasteiger partial charge in [-0.2, -0.15) is 0 Å². The molecule has 5 nitrogen and oxygen atoms in total. The number of ether oxygens (including phenoxy) is 1. The zero-order chi connectivity index (χ0) is 13.9. The van der Waals surface area contributed by atoms with Gasteiger partial charge in [-0.25, -0.2) is 0 Å². The Morgan fingerprint density at radius 1 is 1.17 bits per heavy atom. The molecule has 0 aromatic heterocycles. The highest BCUT2D eigenvalue weighted by molar-refractivity contribution is 5.80. The van der Waals surface area contributed by atoms with Crippen molar-refractivity contribution >= 4 is 5.78 Å². The van der Waals surface area contributed by atoms with Gasteiger partial charge in [0, 0.05) is 24.9 Å². The van der Waals surface area contributed by atoms with Crippen LogP contribution in [0.1, 0.15) is 34.1 Å². The summed E-state index contributed by atoms with van der Waals surface area (Å²) < 4.78 is 5.57. The Kier molecular flexibility index (Phi) is 5.72. The molecule has 4 atom stereocenters. The lowest BCUT2D eigenvalue weighted by Crippen LogP contribution is -2.40. The van der Waals surface area contributed by atoms with Gasteiger partial charge in [-0.1, -0.05) is 27.7 Å². The lowest BCUT2D eigenvalue weighted by Gasteiger charge is -2.17. The molecule has 1 aliphatic rings. The minimum Gasteiger partial charge on any atom is -0.388 e. The van der Waals surface area contributed by atoms with Gasteiger partial charge in [-0.15, -0.1) is 0 Å². The summed E-state index contributed by atoms with van der Waals surface area (Å²) in [4.78, 5) is 11.6. The Morgan fingerprint density at radius 3 is 2.22 bits per heavy atom. The molecule has 1 rings (SSSR count). The van der Waals surface area contributed by atoms with Crippen LogP contribution >= 0.6 is 0 Å². The van der Waals surface area contributed by atoms with E-state index in [1.165, 1.54) is 0 Å². The second-order valence-corrected chi connectivity index (χ2v) is 5.58. The molecular formula is C13H25NO4. The average molecular weight is 259 g/mol. The molecule has 3 N–H and O–H groups in total. The van der Waals surface area contributed by atoms with Crippen LogP contribution in [0.15, 0.2) is 0 Å². The number of carbonyl (C=O) groups is 1. The van der Waals surface area contributed by atoms with Gasteiger partial charge in [-0.05, 0) is 0 Å². The smallest absolute Gasteiger partial charge is 0.138 e. The highest BCUT2D eigenvalue weighted by Crippen LogP contribution is 2.24. The Labute approximate surface area is 109 Å². The summed E-state index contributed by atoms with van der Waals surface area (Å²) in [6.45, 7) is 8.10. The molecule has 0 aromatic carbocycles. The number of hydrogen-bond acceptors (Lipinski definition) is 5. The van der Waals surface area contributed by atoms with Crippen LogP contribution in [0.4, 0.5) is 0 Å². The number of Topliss-reactive ketones (excluding diaryl/α,β-unsaturated/α-hetero) is 1. The number of ketones is 1. The maximum atomic E-state index is 11.6. The summed E-state index contributed by atoms with van der Waals surface area (Å²) in [5.41, 5.74) is 0. The Morgan fingerprint density at radius 2 is 1.72 bits per heavy atom. The van der Waals surface area contributed by atoms with E-state index in [-0.39, 0.29) is 24.2 Å². The van der Waals surface area contributed by atoms with Crippen molar-refractivity contribution in [3.8, 4) is 0 Å². The first-order valence-electron chi connectivity index (χ1n) is 6.60. The zero-order valence-corrected chi connectivity index (χ0v) is 11.6. The zero-order valence-electron chi connectivity index (χ0n) is 11.6. The summed E-state index contributed by atoms with van der Waals surface area (Å²) in [7, 11) is 0. The van der Waals surface area contributed by atoms with Crippen molar-refractivity contribution in [2.45, 2.75) is 64.6 Å². The molecule has 5 heteroatoms. The topological polar surface area (TPSA) is 78.8 Å². The number of aliphatic hydroxyl groups excluding tert-OH is 2. The first-order chi connectivity index (χ1) is 8.32. The van der Waals surface area contributed by atoms with Gasteiger partial charge in [0.25, 0.3) is 0 Å². The Hall–Kier alpha value is -0.490. The molecule has 0 saturated carbocycles. The normalized spacial score (nSPS) is 32.4. The van der Waals surface area contributed by atoms with Gasteiger partial charge < -0.3 is 20.3 Å². The van der Waals surface area contributed by atoms with E-state index in [0.29, 0.717) is 6.54 Å². The number of carbonyl (C=O) groups excluding carboxylic acids is 1. The molecule has 0 amide bonds. The molecule has 1 saturated heterocycles. The van der Waals surface area contributed by atoms with Crippen molar-refractivity contribution in [2.75, 3.05) is 6.54 Å². The number of rotatable bonds is 6. The van der Waals surface area contributed by atoms with Crippen molar-refractivity contribution in [3.05, 3.63) is 0 Å². The molecule has 1 fully saturated rings. The van der Waals surface area contributed by atoms with E-state index in [1.807, 2.05) is 27.7 Å². The van der Waals surface area contributed by atoms with Crippen LogP contribution < -0.4 is 5.32 Å². The minimum absolute atomic E-state index is 0.0451. The molecule has 1 heterocycles. The third kappa shape index (κ3) is 4.02. The van der Waals surface area contributed by atoms with Crippen molar-refractivity contribution < 1.29 is 19.7 Å². The minimum atomic E-state index is -0.980. The molecule has 18 heavy (non-hydrogen) atoms.